The highest BCUT2D eigenvalue weighted by molar-refractivity contribution is 5.94. The van der Waals surface area contributed by atoms with Crippen LogP contribution in [-0.4, -0.2) is 39.9 Å². The summed E-state index contributed by atoms with van der Waals surface area (Å²) in [5, 5.41) is 5.97. The second-order valence-corrected chi connectivity index (χ2v) is 5.40. The van der Waals surface area contributed by atoms with Crippen molar-refractivity contribution in [2.75, 3.05) is 13.1 Å². The zero-order valence-electron chi connectivity index (χ0n) is 13.3. The Morgan fingerprint density at radius 2 is 2.04 bits per heavy atom. The summed E-state index contributed by atoms with van der Waals surface area (Å²) < 4.78 is 13.2. The van der Waals surface area contributed by atoms with E-state index in [1.165, 1.54) is 30.7 Å². The SMILES string of the molecule is O=C(CNC(=O)c1cnccn1)NCCc1cc2cc(F)ccc2[nH]1. The Morgan fingerprint density at radius 1 is 1.16 bits per heavy atom. The topological polar surface area (TPSA) is 99.8 Å². The van der Waals surface area contributed by atoms with Crippen molar-refractivity contribution >= 4 is 22.7 Å². The molecule has 0 radical (unpaired) electrons. The summed E-state index contributed by atoms with van der Waals surface area (Å²) in [4.78, 5) is 34.3. The third kappa shape index (κ3) is 4.37. The maximum absolute atomic E-state index is 13.2. The van der Waals surface area contributed by atoms with Crippen molar-refractivity contribution < 1.29 is 14.0 Å². The van der Waals surface area contributed by atoms with Gasteiger partial charge in [-0.15, -0.1) is 0 Å². The zero-order valence-corrected chi connectivity index (χ0v) is 13.3. The number of benzene rings is 1. The van der Waals surface area contributed by atoms with E-state index < -0.39 is 5.91 Å². The molecule has 0 saturated heterocycles. The number of hydrogen-bond donors (Lipinski definition) is 3. The highest BCUT2D eigenvalue weighted by Gasteiger charge is 2.09. The van der Waals surface area contributed by atoms with Crippen molar-refractivity contribution in [3.8, 4) is 0 Å². The highest BCUT2D eigenvalue weighted by Crippen LogP contribution is 2.16. The second-order valence-electron chi connectivity index (χ2n) is 5.40. The molecular formula is C17H16FN5O2. The van der Waals surface area contributed by atoms with E-state index in [4.69, 9.17) is 0 Å². The number of rotatable bonds is 6. The molecule has 2 aromatic heterocycles. The minimum absolute atomic E-state index is 0.146. The molecule has 3 rings (SSSR count). The standard InChI is InChI=1S/C17H16FN5O2/c18-12-1-2-14-11(7-12)8-13(23-14)3-4-21-16(24)10-22-17(25)15-9-19-5-6-20-15/h1-2,5-9,23H,3-4,10H2,(H,21,24)(H,22,25). The molecule has 0 spiro atoms. The Morgan fingerprint density at radius 3 is 2.84 bits per heavy atom. The van der Waals surface area contributed by atoms with Gasteiger partial charge in [-0.25, -0.2) is 9.37 Å². The number of H-pyrrole nitrogens is 1. The van der Waals surface area contributed by atoms with Crippen LogP contribution in [-0.2, 0) is 11.2 Å². The lowest BCUT2D eigenvalue weighted by molar-refractivity contribution is -0.120. The molecule has 0 aliphatic carbocycles. The van der Waals surface area contributed by atoms with Gasteiger partial charge in [-0.2, -0.15) is 0 Å². The van der Waals surface area contributed by atoms with Gasteiger partial charge in [-0.05, 0) is 24.3 Å². The zero-order chi connectivity index (χ0) is 17.6. The average Bonchev–Trinajstić information content (AvgIpc) is 3.02. The van der Waals surface area contributed by atoms with Gasteiger partial charge >= 0.3 is 0 Å². The van der Waals surface area contributed by atoms with Gasteiger partial charge in [0.15, 0.2) is 0 Å². The van der Waals surface area contributed by atoms with Crippen molar-refractivity contribution in [1.82, 2.24) is 25.6 Å². The molecule has 2 heterocycles. The van der Waals surface area contributed by atoms with Crippen molar-refractivity contribution in [2.45, 2.75) is 6.42 Å². The normalized spacial score (nSPS) is 10.6. The molecule has 0 aliphatic heterocycles. The molecule has 0 saturated carbocycles. The summed E-state index contributed by atoms with van der Waals surface area (Å²) in [6.45, 7) is 0.252. The van der Waals surface area contributed by atoms with Crippen LogP contribution < -0.4 is 10.6 Å². The first kappa shape index (κ1) is 16.6. The first-order valence-corrected chi connectivity index (χ1v) is 7.70. The van der Waals surface area contributed by atoms with Crippen LogP contribution >= 0.6 is 0 Å². The van der Waals surface area contributed by atoms with Gasteiger partial charge in [0.2, 0.25) is 5.91 Å². The maximum atomic E-state index is 13.2. The largest absolute Gasteiger partial charge is 0.358 e. The van der Waals surface area contributed by atoms with E-state index in [1.807, 2.05) is 6.07 Å². The fourth-order valence-electron chi connectivity index (χ4n) is 2.36. The molecule has 0 atom stereocenters. The molecule has 8 heteroatoms. The minimum atomic E-state index is -0.458. The van der Waals surface area contributed by atoms with Crippen LogP contribution in [0.1, 0.15) is 16.2 Å². The van der Waals surface area contributed by atoms with Gasteiger partial charge in [0.25, 0.3) is 5.91 Å². The Balaban J connectivity index is 1.43. The summed E-state index contributed by atoms with van der Waals surface area (Å²) in [5.41, 5.74) is 1.89. The number of carbonyl (C=O) groups is 2. The molecule has 1 aromatic carbocycles. The average molecular weight is 341 g/mol. The highest BCUT2D eigenvalue weighted by atomic mass is 19.1. The van der Waals surface area contributed by atoms with E-state index in [0.29, 0.717) is 13.0 Å². The van der Waals surface area contributed by atoms with E-state index in [2.05, 4.69) is 25.6 Å². The number of fused-ring (bicyclic) bond motifs is 1. The van der Waals surface area contributed by atoms with Crippen molar-refractivity contribution in [1.29, 1.82) is 0 Å². The van der Waals surface area contributed by atoms with Crippen molar-refractivity contribution in [3.63, 3.8) is 0 Å². The van der Waals surface area contributed by atoms with E-state index in [-0.39, 0.29) is 24.0 Å². The first-order chi connectivity index (χ1) is 12.1. The monoisotopic (exact) mass is 341 g/mol. The second kappa shape index (κ2) is 7.52. The van der Waals surface area contributed by atoms with E-state index in [1.54, 1.807) is 6.07 Å². The fourth-order valence-corrected chi connectivity index (χ4v) is 2.36. The van der Waals surface area contributed by atoms with E-state index in [0.717, 1.165) is 16.6 Å². The Labute approximate surface area is 142 Å². The molecule has 3 N–H and O–H groups in total. The van der Waals surface area contributed by atoms with Crippen molar-refractivity contribution in [3.05, 3.63) is 60.1 Å². The fraction of sp³-hybridized carbons (Fsp3) is 0.176. The number of halogens is 1. The van der Waals surface area contributed by atoms with Gasteiger partial charge in [0.05, 0.1) is 12.7 Å². The Hall–Kier alpha value is -3.29. The quantitative estimate of drug-likeness (QED) is 0.627. The number of amides is 2. The number of aromatic amines is 1. The predicted octanol–water partition coefficient (Wildman–Crippen LogP) is 1.19. The third-order valence-corrected chi connectivity index (χ3v) is 3.56. The number of nitrogens with one attached hydrogen (secondary N) is 3. The summed E-state index contributed by atoms with van der Waals surface area (Å²) in [6, 6.07) is 6.37. The van der Waals surface area contributed by atoms with Crippen LogP contribution in [0.25, 0.3) is 10.9 Å². The van der Waals surface area contributed by atoms with Crippen LogP contribution in [0.2, 0.25) is 0 Å². The molecule has 0 bridgehead atoms. The lowest BCUT2D eigenvalue weighted by atomic mass is 10.2. The summed E-state index contributed by atoms with van der Waals surface area (Å²) in [6.07, 6.45) is 4.76. The maximum Gasteiger partial charge on any atom is 0.271 e. The minimum Gasteiger partial charge on any atom is -0.358 e. The van der Waals surface area contributed by atoms with Crippen LogP contribution in [0.4, 0.5) is 4.39 Å². The molecular weight excluding hydrogens is 325 g/mol. The third-order valence-electron chi connectivity index (χ3n) is 3.56. The number of aromatic nitrogens is 3. The number of nitrogens with zero attached hydrogens (tertiary/aromatic N) is 2. The summed E-state index contributed by atoms with van der Waals surface area (Å²) in [5.74, 6) is -1.05. The van der Waals surface area contributed by atoms with Gasteiger partial charge in [0.1, 0.15) is 11.5 Å². The molecule has 0 fully saturated rings. The Kier molecular flexibility index (Phi) is 4.98. The molecule has 7 nitrogen and oxygen atoms in total. The van der Waals surface area contributed by atoms with Gasteiger partial charge in [-0.1, -0.05) is 0 Å². The molecule has 2 amide bonds. The smallest absolute Gasteiger partial charge is 0.271 e. The van der Waals surface area contributed by atoms with E-state index in [9.17, 15) is 14.0 Å². The van der Waals surface area contributed by atoms with Gasteiger partial charge in [-0.3, -0.25) is 14.6 Å². The first-order valence-electron chi connectivity index (χ1n) is 7.70. The van der Waals surface area contributed by atoms with Crippen LogP contribution in [0.3, 0.4) is 0 Å². The Bertz CT molecular complexity index is 894. The molecule has 3 aromatic rings. The van der Waals surface area contributed by atoms with Crippen LogP contribution in [0.15, 0.2) is 42.9 Å². The van der Waals surface area contributed by atoms with Crippen LogP contribution in [0, 0.1) is 5.82 Å². The lowest BCUT2D eigenvalue weighted by Gasteiger charge is -2.06. The molecule has 0 aliphatic rings. The number of hydrogen-bond acceptors (Lipinski definition) is 4. The molecule has 128 valence electrons. The van der Waals surface area contributed by atoms with Gasteiger partial charge in [0, 0.05) is 42.0 Å². The molecule has 0 unspecified atom stereocenters. The molecule has 25 heavy (non-hydrogen) atoms. The summed E-state index contributed by atoms with van der Waals surface area (Å²) in [7, 11) is 0. The number of carbonyl (C=O) groups excluding carboxylic acids is 2. The van der Waals surface area contributed by atoms with Gasteiger partial charge < -0.3 is 15.6 Å². The predicted molar refractivity (Wildman–Crippen MR) is 89.3 cm³/mol. The van der Waals surface area contributed by atoms with Crippen molar-refractivity contribution in [2.24, 2.45) is 0 Å². The van der Waals surface area contributed by atoms with E-state index >= 15 is 0 Å². The van der Waals surface area contributed by atoms with Crippen LogP contribution in [0.5, 0.6) is 0 Å². The summed E-state index contributed by atoms with van der Waals surface area (Å²) >= 11 is 0. The lowest BCUT2D eigenvalue weighted by Crippen LogP contribution is -2.38.